The lowest BCUT2D eigenvalue weighted by Crippen LogP contribution is -2.46. The smallest absolute Gasteiger partial charge is 0.343 e. The molecule has 0 bridgehead atoms. The molecule has 132 valence electrons. The van der Waals surface area contributed by atoms with E-state index in [0.29, 0.717) is 29.6 Å². The fourth-order valence-electron chi connectivity index (χ4n) is 3.19. The van der Waals surface area contributed by atoms with Gasteiger partial charge in [-0.15, -0.1) is 0 Å². The second-order valence-electron chi connectivity index (χ2n) is 6.10. The number of carbonyl (C=O) groups excluding carboxylic acids is 2. The van der Waals surface area contributed by atoms with E-state index in [1.54, 1.807) is 18.2 Å². The Kier molecular flexibility index (Phi) is 4.32. The Labute approximate surface area is 145 Å². The first kappa shape index (κ1) is 17.1. The summed E-state index contributed by atoms with van der Waals surface area (Å²) in [5.74, 6) is -0.351. The molecule has 1 fully saturated rings. The molecule has 0 saturated carbocycles. The van der Waals surface area contributed by atoms with Gasteiger partial charge in [0.05, 0.1) is 24.6 Å². The summed E-state index contributed by atoms with van der Waals surface area (Å²) in [6, 6.07) is 7.05. The number of methoxy groups -OCH3 is 1. The lowest BCUT2D eigenvalue weighted by Gasteiger charge is -2.19. The van der Waals surface area contributed by atoms with Gasteiger partial charge in [0.1, 0.15) is 5.82 Å². The van der Waals surface area contributed by atoms with Gasteiger partial charge in [-0.05, 0) is 18.6 Å². The third-order valence-corrected chi connectivity index (χ3v) is 4.56. The molecule has 2 heterocycles. The molecule has 25 heavy (non-hydrogen) atoms. The predicted molar refractivity (Wildman–Crippen MR) is 93.1 cm³/mol. The van der Waals surface area contributed by atoms with Gasteiger partial charge < -0.3 is 4.74 Å². The maximum absolute atomic E-state index is 13.0. The number of benzene rings is 1. The van der Waals surface area contributed by atoms with E-state index in [2.05, 4.69) is 4.98 Å². The second kappa shape index (κ2) is 6.31. The normalized spacial score (nSPS) is 19.1. The van der Waals surface area contributed by atoms with Gasteiger partial charge in [-0.2, -0.15) is 0 Å². The highest BCUT2D eigenvalue weighted by molar-refractivity contribution is 6.15. The van der Waals surface area contributed by atoms with Crippen LogP contribution in [0.15, 0.2) is 29.1 Å². The molecular formula is C18H21N3O4. The zero-order chi connectivity index (χ0) is 18.2. The Balaban J connectivity index is 2.16. The quantitative estimate of drug-likeness (QED) is 0.445. The minimum Gasteiger partial charge on any atom is -0.467 e. The van der Waals surface area contributed by atoms with Crippen molar-refractivity contribution >= 4 is 22.7 Å². The minimum absolute atomic E-state index is 0.130. The van der Waals surface area contributed by atoms with Crippen molar-refractivity contribution in [1.29, 1.82) is 0 Å². The summed E-state index contributed by atoms with van der Waals surface area (Å²) in [4.78, 5) is 42.5. The van der Waals surface area contributed by atoms with E-state index in [1.165, 1.54) is 16.8 Å². The van der Waals surface area contributed by atoms with Crippen molar-refractivity contribution < 1.29 is 14.3 Å². The third-order valence-electron chi connectivity index (χ3n) is 4.56. The number of hydrogen-bond acceptors (Lipinski definition) is 6. The summed E-state index contributed by atoms with van der Waals surface area (Å²) >= 11 is 0. The van der Waals surface area contributed by atoms with Gasteiger partial charge in [0.2, 0.25) is 5.54 Å². The number of carbonyl (C=O) groups is 2. The topological polar surface area (TPSA) is 81.3 Å². The Bertz CT molecular complexity index is 905. The predicted octanol–water partition coefficient (Wildman–Crippen LogP) is 1.19. The molecule has 0 N–H and O–H groups in total. The van der Waals surface area contributed by atoms with E-state index in [1.807, 2.05) is 19.9 Å². The zero-order valence-electron chi connectivity index (χ0n) is 14.6. The third kappa shape index (κ3) is 2.50. The highest BCUT2D eigenvalue weighted by atomic mass is 16.5. The van der Waals surface area contributed by atoms with Crippen molar-refractivity contribution in [2.75, 3.05) is 18.7 Å². The average molecular weight is 343 g/mol. The van der Waals surface area contributed by atoms with Crippen LogP contribution in [0.5, 0.6) is 0 Å². The van der Waals surface area contributed by atoms with Gasteiger partial charge >= 0.3 is 5.97 Å². The average Bonchev–Trinajstić information content (AvgIpc) is 3.37. The zero-order valence-corrected chi connectivity index (χ0v) is 14.6. The Morgan fingerprint density at radius 3 is 2.64 bits per heavy atom. The van der Waals surface area contributed by atoms with E-state index in [9.17, 15) is 14.4 Å². The van der Waals surface area contributed by atoms with E-state index >= 15 is 0 Å². The fourth-order valence-corrected chi connectivity index (χ4v) is 3.19. The lowest BCUT2D eigenvalue weighted by atomic mass is 10.0. The van der Waals surface area contributed by atoms with Crippen LogP contribution in [0.3, 0.4) is 0 Å². The molecule has 0 radical (unpaired) electrons. The van der Waals surface area contributed by atoms with Gasteiger partial charge in [0.25, 0.3) is 5.56 Å². The molecule has 2 aromatic rings. The van der Waals surface area contributed by atoms with Gasteiger partial charge in [-0.3, -0.25) is 14.6 Å². The van der Waals surface area contributed by atoms with Crippen LogP contribution >= 0.6 is 0 Å². The largest absolute Gasteiger partial charge is 0.467 e. The number of Topliss-reactive ketones (excluding diaryl/α,β-unsaturated/α-hetero) is 1. The first-order valence-corrected chi connectivity index (χ1v) is 8.41. The number of nitrogens with zero attached hydrogens (tertiary/aromatic N) is 3. The van der Waals surface area contributed by atoms with Crippen LogP contribution in [0, 0.1) is 0 Å². The van der Waals surface area contributed by atoms with Gasteiger partial charge in [0, 0.05) is 12.8 Å². The van der Waals surface area contributed by atoms with Crippen LogP contribution in [0.4, 0.5) is 0 Å². The van der Waals surface area contributed by atoms with Crippen molar-refractivity contribution in [2.24, 2.45) is 0 Å². The Morgan fingerprint density at radius 1 is 1.28 bits per heavy atom. The second-order valence-corrected chi connectivity index (χ2v) is 6.10. The molecule has 3 rings (SSSR count). The highest BCUT2D eigenvalue weighted by Gasteiger charge is 2.66. The molecule has 7 nitrogen and oxygen atoms in total. The van der Waals surface area contributed by atoms with E-state index in [4.69, 9.17) is 4.74 Å². The van der Waals surface area contributed by atoms with Gasteiger partial charge in [0.15, 0.2) is 5.78 Å². The van der Waals surface area contributed by atoms with Gasteiger partial charge in [-0.1, -0.05) is 26.0 Å². The highest BCUT2D eigenvalue weighted by Crippen LogP contribution is 2.34. The van der Waals surface area contributed by atoms with Crippen molar-refractivity contribution in [1.82, 2.24) is 9.66 Å². The molecule has 1 aromatic heterocycles. The number of ketones is 1. The van der Waals surface area contributed by atoms with Crippen molar-refractivity contribution in [2.45, 2.75) is 38.6 Å². The molecule has 7 heteroatoms. The monoisotopic (exact) mass is 343 g/mol. The number of hydrogen-bond donors (Lipinski definition) is 0. The number of para-hydroxylation sites is 1. The molecule has 1 aliphatic heterocycles. The van der Waals surface area contributed by atoms with Crippen LogP contribution in [-0.4, -0.2) is 40.6 Å². The van der Waals surface area contributed by atoms with E-state index in [-0.39, 0.29) is 24.3 Å². The Morgan fingerprint density at radius 2 is 2.00 bits per heavy atom. The van der Waals surface area contributed by atoms with Crippen molar-refractivity contribution in [3.63, 3.8) is 0 Å². The minimum atomic E-state index is -1.41. The number of esters is 1. The molecule has 1 atom stereocenters. The maximum atomic E-state index is 13.0. The maximum Gasteiger partial charge on any atom is 0.343 e. The molecule has 1 aliphatic rings. The first-order chi connectivity index (χ1) is 12.0. The van der Waals surface area contributed by atoms with E-state index in [0.717, 1.165) is 0 Å². The number of aromatic nitrogens is 2. The van der Waals surface area contributed by atoms with Crippen LogP contribution in [-0.2, 0) is 20.7 Å². The number of ether oxygens (including phenoxy) is 1. The molecule has 1 unspecified atom stereocenters. The molecule has 0 amide bonds. The molecule has 0 aliphatic carbocycles. The first-order valence-electron chi connectivity index (χ1n) is 8.41. The molecule has 0 spiro atoms. The molecule has 1 saturated heterocycles. The SMILES string of the molecule is CCCC(=O)C1(C(=O)OC)CN1n1c(CC)nc2ccccc2c1=O. The summed E-state index contributed by atoms with van der Waals surface area (Å²) in [5, 5.41) is 1.94. The summed E-state index contributed by atoms with van der Waals surface area (Å²) in [6.45, 7) is 3.88. The van der Waals surface area contributed by atoms with Crippen LogP contribution in [0.1, 0.15) is 32.5 Å². The van der Waals surface area contributed by atoms with Gasteiger partial charge in [-0.25, -0.2) is 14.5 Å². The van der Waals surface area contributed by atoms with Crippen LogP contribution in [0.25, 0.3) is 10.9 Å². The molecule has 1 aromatic carbocycles. The van der Waals surface area contributed by atoms with E-state index < -0.39 is 11.5 Å². The fraction of sp³-hybridized carbons (Fsp3) is 0.444. The number of aryl methyl sites for hydroxylation is 1. The number of rotatable bonds is 6. The summed E-state index contributed by atoms with van der Waals surface area (Å²) in [6.07, 6.45) is 1.37. The van der Waals surface area contributed by atoms with Crippen molar-refractivity contribution in [3.05, 3.63) is 40.4 Å². The van der Waals surface area contributed by atoms with Crippen LogP contribution < -0.4 is 10.6 Å². The van der Waals surface area contributed by atoms with Crippen molar-refractivity contribution in [3.8, 4) is 0 Å². The summed E-state index contributed by atoms with van der Waals surface area (Å²) in [5.41, 5.74) is -1.09. The Hall–Kier alpha value is -2.70. The molecular weight excluding hydrogens is 322 g/mol. The summed E-state index contributed by atoms with van der Waals surface area (Å²) in [7, 11) is 1.25. The van der Waals surface area contributed by atoms with Crippen LogP contribution in [0.2, 0.25) is 0 Å². The lowest BCUT2D eigenvalue weighted by molar-refractivity contribution is -0.146. The standard InChI is InChI=1S/C18H21N3O4/c1-4-8-14(22)18(17(24)25-3)11-20(18)21-15(5-2)19-13-10-7-6-9-12(13)16(21)23/h6-7,9-10H,4-5,8,11H2,1-3H3. The number of fused-ring (bicyclic) bond motifs is 1. The summed E-state index contributed by atoms with van der Waals surface area (Å²) < 4.78 is 6.23.